The molecule has 0 saturated heterocycles. The molecule has 0 saturated carbocycles. The Morgan fingerprint density at radius 2 is 1.88 bits per heavy atom. The van der Waals surface area contributed by atoms with Crippen molar-refractivity contribution in [3.05, 3.63) is 48.3 Å². The lowest BCUT2D eigenvalue weighted by Crippen LogP contribution is -2.32. The van der Waals surface area contributed by atoms with E-state index in [9.17, 15) is 9.59 Å². The minimum Gasteiger partial charge on any atom is -0.337 e. The molecule has 0 bridgehead atoms. The lowest BCUT2D eigenvalue weighted by Gasteiger charge is -2.25. The number of likely N-dealkylation sites (N-methyl/N-ethyl adjacent to an activating group) is 1. The predicted molar refractivity (Wildman–Crippen MR) is 97.9 cm³/mol. The average molecular weight is 342 g/mol. The van der Waals surface area contributed by atoms with Gasteiger partial charge in [0.05, 0.1) is 17.9 Å². The number of aromatic nitrogens is 2. The second-order valence-corrected chi connectivity index (χ2v) is 7.22. The minimum atomic E-state index is -0.483. The molecule has 1 aromatic carbocycles. The molecule has 0 unspecified atom stereocenters. The molecule has 2 amide bonds. The fourth-order valence-electron chi connectivity index (χ4n) is 2.25. The number of amides is 2. The van der Waals surface area contributed by atoms with E-state index in [1.807, 2.05) is 58.0 Å². The molecular weight excluding hydrogens is 316 g/mol. The molecular formula is C19H26N4O2. The number of nitrogens with zero attached hydrogens (tertiary/aromatic N) is 3. The van der Waals surface area contributed by atoms with Crippen molar-refractivity contribution in [1.29, 1.82) is 0 Å². The van der Waals surface area contributed by atoms with Crippen LogP contribution in [-0.2, 0) is 16.1 Å². The topological polar surface area (TPSA) is 67.2 Å². The van der Waals surface area contributed by atoms with E-state index in [2.05, 4.69) is 10.4 Å². The average Bonchev–Trinajstić information content (AvgIpc) is 3.00. The van der Waals surface area contributed by atoms with Gasteiger partial charge in [0.15, 0.2) is 0 Å². The summed E-state index contributed by atoms with van der Waals surface area (Å²) in [4.78, 5) is 26.2. The van der Waals surface area contributed by atoms with Gasteiger partial charge in [-0.15, -0.1) is 0 Å². The molecule has 1 N–H and O–H groups in total. The summed E-state index contributed by atoms with van der Waals surface area (Å²) in [6, 6.07) is 9.86. The molecule has 1 atom stereocenters. The highest BCUT2D eigenvalue weighted by Crippen LogP contribution is 2.19. The van der Waals surface area contributed by atoms with Gasteiger partial charge < -0.3 is 10.2 Å². The molecule has 2 aromatic rings. The van der Waals surface area contributed by atoms with Gasteiger partial charge in [-0.3, -0.25) is 14.3 Å². The van der Waals surface area contributed by atoms with Gasteiger partial charge in [-0.25, -0.2) is 0 Å². The second-order valence-electron chi connectivity index (χ2n) is 7.22. The van der Waals surface area contributed by atoms with Gasteiger partial charge in [0.2, 0.25) is 11.8 Å². The summed E-state index contributed by atoms with van der Waals surface area (Å²) in [5, 5.41) is 6.97. The van der Waals surface area contributed by atoms with Crippen LogP contribution in [0.3, 0.4) is 0 Å². The third-order valence-corrected chi connectivity index (χ3v) is 4.13. The molecule has 0 fully saturated rings. The van der Waals surface area contributed by atoms with Crippen LogP contribution in [-0.4, -0.2) is 33.5 Å². The van der Waals surface area contributed by atoms with E-state index >= 15 is 0 Å². The zero-order valence-corrected chi connectivity index (χ0v) is 15.5. The van der Waals surface area contributed by atoms with Gasteiger partial charge >= 0.3 is 0 Å². The van der Waals surface area contributed by atoms with Crippen LogP contribution in [0.1, 0.15) is 39.3 Å². The Balaban J connectivity index is 1.98. The molecule has 0 aliphatic heterocycles. The monoisotopic (exact) mass is 342 g/mol. The normalized spacial score (nSPS) is 12.5. The maximum absolute atomic E-state index is 12.5. The summed E-state index contributed by atoms with van der Waals surface area (Å²) >= 11 is 0. The summed E-state index contributed by atoms with van der Waals surface area (Å²) in [5.41, 5.74) is 1.19. The first-order valence-corrected chi connectivity index (χ1v) is 8.33. The predicted octanol–water partition coefficient (Wildman–Crippen LogP) is 3.09. The molecule has 1 heterocycles. The lowest BCUT2D eigenvalue weighted by molar-refractivity contribution is -0.132. The molecule has 0 spiro atoms. The van der Waals surface area contributed by atoms with Gasteiger partial charge in [0.25, 0.3) is 0 Å². The number of hydrogen-bond acceptors (Lipinski definition) is 3. The van der Waals surface area contributed by atoms with Crippen LogP contribution in [0.4, 0.5) is 5.69 Å². The van der Waals surface area contributed by atoms with E-state index in [1.54, 1.807) is 24.3 Å². The highest BCUT2D eigenvalue weighted by atomic mass is 16.2. The molecule has 0 radical (unpaired) electrons. The third-order valence-electron chi connectivity index (χ3n) is 4.13. The van der Waals surface area contributed by atoms with Crippen molar-refractivity contribution >= 4 is 17.5 Å². The minimum absolute atomic E-state index is 0.0238. The van der Waals surface area contributed by atoms with Crippen molar-refractivity contribution in [3.8, 4) is 0 Å². The fourth-order valence-corrected chi connectivity index (χ4v) is 2.25. The van der Waals surface area contributed by atoms with Gasteiger partial charge in [0.1, 0.15) is 6.54 Å². The van der Waals surface area contributed by atoms with E-state index in [-0.39, 0.29) is 24.4 Å². The van der Waals surface area contributed by atoms with Gasteiger partial charge in [-0.1, -0.05) is 51.1 Å². The Morgan fingerprint density at radius 1 is 1.24 bits per heavy atom. The number of carbonyl (C=O) groups is 2. The summed E-state index contributed by atoms with van der Waals surface area (Å²) in [6.07, 6.45) is 3.22. The highest BCUT2D eigenvalue weighted by Gasteiger charge is 2.22. The van der Waals surface area contributed by atoms with Crippen molar-refractivity contribution in [2.45, 2.75) is 40.3 Å². The summed E-state index contributed by atoms with van der Waals surface area (Å²) < 4.78 is 1.54. The molecule has 1 aromatic heterocycles. The summed E-state index contributed by atoms with van der Waals surface area (Å²) in [5.74, 6) is -0.138. The summed E-state index contributed by atoms with van der Waals surface area (Å²) in [6.45, 7) is 7.65. The zero-order valence-electron chi connectivity index (χ0n) is 15.5. The Bertz CT molecular complexity index is 731. The van der Waals surface area contributed by atoms with Crippen LogP contribution < -0.4 is 5.32 Å². The van der Waals surface area contributed by atoms with E-state index in [1.165, 1.54) is 4.68 Å². The van der Waals surface area contributed by atoms with Crippen LogP contribution in [0, 0.1) is 5.41 Å². The fraction of sp³-hybridized carbons (Fsp3) is 0.421. The molecule has 6 heteroatoms. The van der Waals surface area contributed by atoms with Crippen LogP contribution in [0.5, 0.6) is 0 Å². The quantitative estimate of drug-likeness (QED) is 0.908. The number of hydrogen-bond donors (Lipinski definition) is 1. The Labute approximate surface area is 148 Å². The van der Waals surface area contributed by atoms with Crippen LogP contribution in [0.2, 0.25) is 0 Å². The molecule has 134 valence electrons. The van der Waals surface area contributed by atoms with Crippen molar-refractivity contribution in [3.63, 3.8) is 0 Å². The largest absolute Gasteiger partial charge is 0.337 e. The van der Waals surface area contributed by atoms with E-state index in [4.69, 9.17) is 0 Å². The number of anilines is 1. The van der Waals surface area contributed by atoms with Crippen LogP contribution in [0.15, 0.2) is 42.7 Å². The van der Waals surface area contributed by atoms with Crippen molar-refractivity contribution in [2.75, 3.05) is 12.4 Å². The lowest BCUT2D eigenvalue weighted by atomic mass is 9.96. The van der Waals surface area contributed by atoms with Crippen molar-refractivity contribution < 1.29 is 9.59 Å². The van der Waals surface area contributed by atoms with E-state index < -0.39 is 5.41 Å². The summed E-state index contributed by atoms with van der Waals surface area (Å²) in [7, 11) is 1.78. The highest BCUT2D eigenvalue weighted by molar-refractivity contribution is 5.94. The Hall–Kier alpha value is -2.63. The van der Waals surface area contributed by atoms with Gasteiger partial charge in [-0.05, 0) is 12.5 Å². The van der Waals surface area contributed by atoms with Crippen molar-refractivity contribution in [2.24, 2.45) is 5.41 Å². The Morgan fingerprint density at radius 3 is 2.48 bits per heavy atom. The zero-order chi connectivity index (χ0) is 18.6. The van der Waals surface area contributed by atoms with E-state index in [0.29, 0.717) is 5.69 Å². The Kier molecular flexibility index (Phi) is 5.62. The van der Waals surface area contributed by atoms with Crippen LogP contribution in [0.25, 0.3) is 0 Å². The standard InChI is InChI=1S/C19H26N4O2/c1-14(15-9-7-6-8-10-15)22(5)17(24)13-23-12-16(11-20-23)21-18(25)19(2,3)4/h6-12,14H,13H2,1-5H3,(H,21,25)/t14-/m1/s1. The number of rotatable bonds is 5. The van der Waals surface area contributed by atoms with Gasteiger partial charge in [-0.2, -0.15) is 5.10 Å². The molecule has 2 rings (SSSR count). The number of nitrogens with one attached hydrogen (secondary N) is 1. The second kappa shape index (κ2) is 7.51. The third kappa shape index (κ3) is 4.92. The first kappa shape index (κ1) is 18.7. The molecule has 25 heavy (non-hydrogen) atoms. The molecule has 0 aliphatic rings. The number of benzene rings is 1. The maximum Gasteiger partial charge on any atom is 0.244 e. The first-order chi connectivity index (χ1) is 11.7. The molecule has 6 nitrogen and oxygen atoms in total. The van der Waals surface area contributed by atoms with Crippen molar-refractivity contribution in [1.82, 2.24) is 14.7 Å². The maximum atomic E-state index is 12.5. The van der Waals surface area contributed by atoms with E-state index in [0.717, 1.165) is 5.56 Å². The smallest absolute Gasteiger partial charge is 0.244 e. The molecule has 0 aliphatic carbocycles. The van der Waals surface area contributed by atoms with Crippen LogP contribution >= 0.6 is 0 Å². The number of carbonyl (C=O) groups excluding carboxylic acids is 2. The van der Waals surface area contributed by atoms with Gasteiger partial charge in [0, 0.05) is 18.7 Å². The SMILES string of the molecule is C[C@H](c1ccccc1)N(C)C(=O)Cn1cc(NC(=O)C(C)(C)C)cn1. The first-order valence-electron chi connectivity index (χ1n) is 8.33.